The van der Waals surface area contributed by atoms with Gasteiger partial charge in [0.1, 0.15) is 11.9 Å². The lowest BCUT2D eigenvalue weighted by atomic mass is 10.0. The monoisotopic (exact) mass is 653 g/mol. The number of nitrogens with zero attached hydrogens (tertiary/aromatic N) is 2. The number of ether oxygens (including phenoxy) is 1. The van der Waals surface area contributed by atoms with E-state index in [4.69, 9.17) is 16.3 Å². The molecule has 0 aromatic heterocycles. The Morgan fingerprint density at radius 2 is 1.77 bits per heavy atom. The number of aliphatic hydroxyl groups is 1. The number of carbonyl (C=O) groups is 1. The number of carbonyl (C=O) groups excluding carboxylic acids is 1. The van der Waals surface area contributed by atoms with Gasteiger partial charge in [0, 0.05) is 41.8 Å². The number of hydrogen-bond acceptors (Lipinski definition) is 6. The maximum absolute atomic E-state index is 13.5. The van der Waals surface area contributed by atoms with Gasteiger partial charge in [0.2, 0.25) is 5.91 Å². The van der Waals surface area contributed by atoms with Crippen LogP contribution in [0.3, 0.4) is 0 Å². The summed E-state index contributed by atoms with van der Waals surface area (Å²) in [5, 5.41) is 10.3. The molecule has 0 bridgehead atoms. The van der Waals surface area contributed by atoms with Crippen LogP contribution >= 0.6 is 11.6 Å². The number of benzene rings is 3. The number of hydrogen-bond donors (Lipinski definition) is 2. The third-order valence-electron chi connectivity index (χ3n) is 7.52. The molecule has 1 aliphatic heterocycles. The molecule has 0 radical (unpaired) electrons. The van der Waals surface area contributed by atoms with E-state index >= 15 is 0 Å². The number of anilines is 1. The van der Waals surface area contributed by atoms with Gasteiger partial charge in [0.15, 0.2) is 0 Å². The zero-order chi connectivity index (χ0) is 32.2. The van der Waals surface area contributed by atoms with Gasteiger partial charge in [-0.3, -0.25) is 14.4 Å². The first-order valence-corrected chi connectivity index (χ1v) is 15.9. The smallest absolute Gasteiger partial charge is 0.416 e. The topological polar surface area (TPSA) is 99.2 Å². The number of nitrogens with one attached hydrogen (secondary N) is 1. The van der Waals surface area contributed by atoms with Crippen LogP contribution in [0.2, 0.25) is 5.02 Å². The highest BCUT2D eigenvalue weighted by atomic mass is 35.5. The maximum atomic E-state index is 13.5. The van der Waals surface area contributed by atoms with Crippen molar-refractivity contribution in [2.24, 2.45) is 5.92 Å². The lowest BCUT2D eigenvalue weighted by Crippen LogP contribution is -2.47. The first-order valence-electron chi connectivity index (χ1n) is 14.0. The number of amides is 1. The number of halogens is 4. The molecule has 1 amide bonds. The van der Waals surface area contributed by atoms with E-state index in [1.807, 2.05) is 18.9 Å². The minimum absolute atomic E-state index is 0.0192. The van der Waals surface area contributed by atoms with E-state index in [9.17, 15) is 31.5 Å². The molecular weight excluding hydrogens is 619 g/mol. The van der Waals surface area contributed by atoms with Crippen LogP contribution in [0.4, 0.5) is 18.9 Å². The Labute approximate surface area is 260 Å². The lowest BCUT2D eigenvalue weighted by molar-refractivity contribution is -0.137. The predicted octanol–water partition coefficient (Wildman–Crippen LogP) is 5.44. The Balaban J connectivity index is 1.60. The van der Waals surface area contributed by atoms with Crippen LogP contribution in [0.15, 0.2) is 71.6 Å². The highest BCUT2D eigenvalue weighted by molar-refractivity contribution is 7.92. The van der Waals surface area contributed by atoms with Crippen molar-refractivity contribution in [3.63, 3.8) is 0 Å². The van der Waals surface area contributed by atoms with Gasteiger partial charge in [0.05, 0.1) is 29.5 Å². The molecule has 13 heteroatoms. The Morgan fingerprint density at radius 1 is 1.11 bits per heavy atom. The van der Waals surface area contributed by atoms with Gasteiger partial charge in [-0.15, -0.1) is 0 Å². The van der Waals surface area contributed by atoms with Crippen LogP contribution in [0.5, 0.6) is 5.75 Å². The number of aliphatic hydroxyl groups excluding tert-OH is 1. The van der Waals surface area contributed by atoms with E-state index in [2.05, 4.69) is 4.72 Å². The average Bonchev–Trinajstić information content (AvgIpc) is 3.00. The van der Waals surface area contributed by atoms with E-state index in [1.165, 1.54) is 36.4 Å². The van der Waals surface area contributed by atoms with Gasteiger partial charge in [-0.1, -0.05) is 30.7 Å². The van der Waals surface area contributed by atoms with E-state index in [1.54, 1.807) is 30.0 Å². The molecule has 0 spiro atoms. The minimum Gasteiger partial charge on any atom is -0.488 e. The summed E-state index contributed by atoms with van der Waals surface area (Å²) in [6, 6.07) is 15.0. The Hall–Kier alpha value is -3.32. The lowest BCUT2D eigenvalue weighted by Gasteiger charge is -2.34. The first-order chi connectivity index (χ1) is 20.7. The summed E-state index contributed by atoms with van der Waals surface area (Å²) >= 11 is 5.89. The number of fused-ring (bicyclic) bond motifs is 1. The van der Waals surface area contributed by atoms with Crippen molar-refractivity contribution in [1.29, 1.82) is 0 Å². The summed E-state index contributed by atoms with van der Waals surface area (Å²) in [7, 11) is -2.12. The molecule has 3 aromatic rings. The molecule has 44 heavy (non-hydrogen) atoms. The third kappa shape index (κ3) is 8.44. The molecule has 0 saturated carbocycles. The number of likely N-dealkylation sites (N-methyl/N-ethyl adjacent to an activating group) is 1. The summed E-state index contributed by atoms with van der Waals surface area (Å²) in [5.74, 6) is -0.0390. The molecule has 0 aliphatic carbocycles. The third-order valence-corrected chi connectivity index (χ3v) is 9.17. The fourth-order valence-electron chi connectivity index (χ4n) is 5.02. The van der Waals surface area contributed by atoms with Crippen LogP contribution in [0.25, 0.3) is 0 Å². The van der Waals surface area contributed by atoms with Crippen molar-refractivity contribution in [2.45, 2.75) is 50.0 Å². The standard InChI is InChI=1S/C31H35ClF3N3O5S/c1-20-16-38(21(2)19-39)30(40)15-23-14-26(36-44(41,42)27-11-8-25(32)9-12-27)10-13-28(23)43-29(20)18-37(3)17-22-4-6-24(7-5-22)31(33,34)35/h4-14,20-21,29,36,39H,15-19H2,1-3H3/t20-,21-,29+/m1/s1. The Bertz CT molecular complexity index is 1550. The van der Waals surface area contributed by atoms with Crippen molar-refractivity contribution in [2.75, 3.05) is 31.5 Å². The SMILES string of the molecule is C[C@@H]1CN([C@H](C)CO)C(=O)Cc2cc(NS(=O)(=O)c3ccc(Cl)cc3)ccc2O[C@H]1CN(C)Cc1ccc(C(F)(F)F)cc1. The molecule has 4 rings (SSSR count). The second-order valence-electron chi connectivity index (χ2n) is 11.2. The Morgan fingerprint density at radius 3 is 2.39 bits per heavy atom. The summed E-state index contributed by atoms with van der Waals surface area (Å²) in [6.07, 6.45) is -4.95. The van der Waals surface area contributed by atoms with Crippen LogP contribution in [0.1, 0.15) is 30.5 Å². The summed E-state index contributed by atoms with van der Waals surface area (Å²) in [5.41, 5.74) is 0.678. The number of alkyl halides is 3. The van der Waals surface area contributed by atoms with Gasteiger partial charge in [-0.2, -0.15) is 13.2 Å². The second kappa shape index (κ2) is 13.8. The predicted molar refractivity (Wildman–Crippen MR) is 162 cm³/mol. The summed E-state index contributed by atoms with van der Waals surface area (Å²) in [4.78, 5) is 17.0. The molecule has 0 saturated heterocycles. The second-order valence-corrected chi connectivity index (χ2v) is 13.3. The van der Waals surface area contributed by atoms with Crippen molar-refractivity contribution in [3.8, 4) is 5.75 Å². The molecule has 0 fully saturated rings. The Kier molecular flexibility index (Phi) is 10.5. The van der Waals surface area contributed by atoms with Gasteiger partial charge < -0.3 is 14.7 Å². The van der Waals surface area contributed by atoms with Crippen LogP contribution in [-0.2, 0) is 34.0 Å². The van der Waals surface area contributed by atoms with E-state index in [0.29, 0.717) is 41.5 Å². The zero-order valence-electron chi connectivity index (χ0n) is 24.5. The molecule has 1 aliphatic rings. The summed E-state index contributed by atoms with van der Waals surface area (Å²) in [6.45, 7) is 4.46. The minimum atomic E-state index is -4.41. The maximum Gasteiger partial charge on any atom is 0.416 e. The fourth-order valence-corrected chi connectivity index (χ4v) is 6.20. The van der Waals surface area contributed by atoms with Crippen LogP contribution in [-0.4, -0.2) is 68.1 Å². The van der Waals surface area contributed by atoms with Gasteiger partial charge >= 0.3 is 6.18 Å². The van der Waals surface area contributed by atoms with Crippen molar-refractivity contribution in [3.05, 3.63) is 88.4 Å². The molecule has 2 N–H and O–H groups in total. The number of rotatable bonds is 9. The van der Waals surface area contributed by atoms with Gasteiger partial charge in [0.25, 0.3) is 10.0 Å². The zero-order valence-corrected chi connectivity index (χ0v) is 26.1. The molecule has 3 atom stereocenters. The van der Waals surface area contributed by atoms with E-state index in [-0.39, 0.29) is 35.4 Å². The molecule has 0 unspecified atom stereocenters. The molecule has 238 valence electrons. The molecule has 1 heterocycles. The van der Waals surface area contributed by atoms with Gasteiger partial charge in [-0.05, 0) is 74.1 Å². The van der Waals surface area contributed by atoms with E-state index < -0.39 is 33.9 Å². The van der Waals surface area contributed by atoms with Gasteiger partial charge in [-0.25, -0.2) is 8.42 Å². The van der Waals surface area contributed by atoms with Crippen molar-refractivity contribution < 1.29 is 36.2 Å². The van der Waals surface area contributed by atoms with Crippen LogP contribution < -0.4 is 9.46 Å². The van der Waals surface area contributed by atoms with E-state index in [0.717, 1.165) is 12.1 Å². The summed E-state index contributed by atoms with van der Waals surface area (Å²) < 4.78 is 74.0. The van der Waals surface area contributed by atoms with Crippen molar-refractivity contribution in [1.82, 2.24) is 9.80 Å². The number of sulfonamides is 1. The average molecular weight is 654 g/mol. The van der Waals surface area contributed by atoms with Crippen molar-refractivity contribution >= 4 is 33.2 Å². The first kappa shape index (κ1) is 33.6. The molecule has 3 aromatic carbocycles. The fraction of sp³-hybridized carbons (Fsp3) is 0.387. The normalized spacial score (nSPS) is 18.6. The highest BCUT2D eigenvalue weighted by Gasteiger charge is 2.32. The highest BCUT2D eigenvalue weighted by Crippen LogP contribution is 2.31. The largest absolute Gasteiger partial charge is 0.488 e. The van der Waals surface area contributed by atoms with Crippen LogP contribution in [0, 0.1) is 5.92 Å². The molecular formula is C31H35ClF3N3O5S. The molecule has 8 nitrogen and oxygen atoms in total. The quantitative estimate of drug-likeness (QED) is 0.319.